The number of fused-ring (bicyclic) bond motifs is 1. The minimum Gasteiger partial charge on any atom is -0.396 e. The molecule has 3 aliphatic heterocycles. The van der Waals surface area contributed by atoms with Crippen molar-refractivity contribution in [3.63, 3.8) is 0 Å². The molecule has 2 bridgehead atoms. The van der Waals surface area contributed by atoms with Gasteiger partial charge in [0.2, 0.25) is 17.7 Å². The van der Waals surface area contributed by atoms with Gasteiger partial charge in [0.05, 0.1) is 17.9 Å². The van der Waals surface area contributed by atoms with E-state index in [4.69, 9.17) is 9.84 Å². The Balaban J connectivity index is 1.83. The smallest absolute Gasteiger partial charge is 0.245 e. The molecular weight excluding hydrogens is 386 g/mol. The van der Waals surface area contributed by atoms with Crippen LogP contribution in [0.1, 0.15) is 65.2 Å². The van der Waals surface area contributed by atoms with Crippen molar-refractivity contribution in [3.8, 4) is 0 Å². The number of ether oxygens (including phenoxy) is 1. The molecule has 3 saturated heterocycles. The number of hydrogen-bond acceptors (Lipinski definition) is 5. The second-order valence-electron chi connectivity index (χ2n) is 8.81. The lowest BCUT2D eigenvalue weighted by Gasteiger charge is -2.33. The summed E-state index contributed by atoms with van der Waals surface area (Å²) in [5.41, 5.74) is -0.900. The third-order valence-corrected chi connectivity index (χ3v) is 6.79. The van der Waals surface area contributed by atoms with Gasteiger partial charge >= 0.3 is 0 Å². The van der Waals surface area contributed by atoms with Crippen molar-refractivity contribution in [2.24, 2.45) is 11.8 Å². The summed E-state index contributed by atoms with van der Waals surface area (Å²) in [6.45, 7) is 5.76. The number of likely N-dealkylation sites (tertiary alicyclic amines) is 1. The Labute approximate surface area is 179 Å². The third kappa shape index (κ3) is 4.08. The SMILES string of the molecule is CCCCNC(=O)C1N(CCCCCO)C(=O)[C@@H]2[C@@H](C(=O)NCCC)[C@H]3CCC12O3. The molecule has 1 spiro atoms. The first-order chi connectivity index (χ1) is 14.5. The summed E-state index contributed by atoms with van der Waals surface area (Å²) in [5.74, 6) is -1.54. The van der Waals surface area contributed by atoms with Crippen molar-refractivity contribution < 1.29 is 24.2 Å². The lowest BCUT2D eigenvalue weighted by atomic mass is 9.70. The molecule has 0 aromatic carbocycles. The van der Waals surface area contributed by atoms with Gasteiger partial charge < -0.3 is 25.4 Å². The number of amides is 3. The molecule has 8 nitrogen and oxygen atoms in total. The van der Waals surface area contributed by atoms with E-state index in [0.29, 0.717) is 45.3 Å². The summed E-state index contributed by atoms with van der Waals surface area (Å²) in [6, 6.07) is -0.685. The molecule has 3 rings (SSSR count). The zero-order chi connectivity index (χ0) is 21.7. The topological polar surface area (TPSA) is 108 Å². The Morgan fingerprint density at radius 1 is 1.10 bits per heavy atom. The Kier molecular flexibility index (Phi) is 7.74. The maximum Gasteiger partial charge on any atom is 0.245 e. The van der Waals surface area contributed by atoms with Crippen molar-refractivity contribution in [3.05, 3.63) is 0 Å². The summed E-state index contributed by atoms with van der Waals surface area (Å²) in [6.07, 6.45) is 5.88. The van der Waals surface area contributed by atoms with Crippen LogP contribution in [0, 0.1) is 11.8 Å². The zero-order valence-electron chi connectivity index (χ0n) is 18.3. The number of unbranched alkanes of at least 4 members (excludes halogenated alkanes) is 3. The molecule has 3 heterocycles. The van der Waals surface area contributed by atoms with E-state index in [9.17, 15) is 14.4 Å². The van der Waals surface area contributed by atoms with E-state index in [1.165, 1.54) is 0 Å². The third-order valence-electron chi connectivity index (χ3n) is 6.79. The Hall–Kier alpha value is -1.67. The molecule has 8 heteroatoms. The molecule has 2 unspecified atom stereocenters. The molecule has 3 amide bonds. The molecule has 0 radical (unpaired) electrons. The molecule has 30 heavy (non-hydrogen) atoms. The highest BCUT2D eigenvalue weighted by atomic mass is 16.5. The van der Waals surface area contributed by atoms with Crippen LogP contribution < -0.4 is 10.6 Å². The van der Waals surface area contributed by atoms with Gasteiger partial charge in [0.1, 0.15) is 11.6 Å². The quantitative estimate of drug-likeness (QED) is 0.405. The molecule has 3 aliphatic rings. The van der Waals surface area contributed by atoms with Crippen LogP contribution in [0.4, 0.5) is 0 Å². The number of nitrogens with zero attached hydrogens (tertiary/aromatic N) is 1. The highest BCUT2D eigenvalue weighted by Crippen LogP contribution is 2.58. The zero-order valence-corrected chi connectivity index (χ0v) is 18.3. The fraction of sp³-hybridized carbons (Fsp3) is 0.864. The van der Waals surface area contributed by atoms with E-state index in [1.54, 1.807) is 4.90 Å². The van der Waals surface area contributed by atoms with E-state index in [1.807, 2.05) is 6.92 Å². The van der Waals surface area contributed by atoms with Gasteiger partial charge in [-0.05, 0) is 44.9 Å². The predicted octanol–water partition coefficient (Wildman–Crippen LogP) is 0.966. The molecule has 3 fully saturated rings. The normalized spacial score (nSPS) is 31.8. The van der Waals surface area contributed by atoms with E-state index < -0.39 is 23.5 Å². The van der Waals surface area contributed by atoms with Crippen LogP contribution in [-0.4, -0.2) is 71.7 Å². The summed E-state index contributed by atoms with van der Waals surface area (Å²) in [5, 5.41) is 15.0. The summed E-state index contributed by atoms with van der Waals surface area (Å²) >= 11 is 0. The number of nitrogens with one attached hydrogen (secondary N) is 2. The number of rotatable bonds is 12. The van der Waals surface area contributed by atoms with Crippen LogP contribution in [0.5, 0.6) is 0 Å². The number of carbonyl (C=O) groups is 3. The van der Waals surface area contributed by atoms with Crippen molar-refractivity contribution in [2.75, 3.05) is 26.2 Å². The molecule has 3 N–H and O–H groups in total. The van der Waals surface area contributed by atoms with Crippen molar-refractivity contribution in [1.82, 2.24) is 15.5 Å². The van der Waals surface area contributed by atoms with Gasteiger partial charge in [0.15, 0.2) is 0 Å². The Morgan fingerprint density at radius 3 is 2.57 bits per heavy atom. The number of hydrogen-bond donors (Lipinski definition) is 3. The van der Waals surface area contributed by atoms with E-state index in [0.717, 1.165) is 25.7 Å². The fourth-order valence-electron chi connectivity index (χ4n) is 5.42. The Bertz CT molecular complexity index is 642. The fourth-order valence-corrected chi connectivity index (χ4v) is 5.42. The molecule has 0 saturated carbocycles. The number of aliphatic hydroxyl groups excluding tert-OH is 1. The monoisotopic (exact) mass is 423 g/mol. The predicted molar refractivity (Wildman–Crippen MR) is 111 cm³/mol. The van der Waals surface area contributed by atoms with Crippen LogP contribution in [0.15, 0.2) is 0 Å². The van der Waals surface area contributed by atoms with E-state index in [2.05, 4.69) is 17.6 Å². The average molecular weight is 424 g/mol. The first-order valence-corrected chi connectivity index (χ1v) is 11.7. The van der Waals surface area contributed by atoms with Crippen molar-refractivity contribution in [1.29, 1.82) is 0 Å². The molecule has 170 valence electrons. The average Bonchev–Trinajstić information content (AvgIpc) is 3.37. The summed E-state index contributed by atoms with van der Waals surface area (Å²) in [7, 11) is 0. The van der Waals surface area contributed by atoms with Gasteiger partial charge in [-0.2, -0.15) is 0 Å². The van der Waals surface area contributed by atoms with Gasteiger partial charge in [0, 0.05) is 26.2 Å². The number of carbonyl (C=O) groups excluding carboxylic acids is 3. The van der Waals surface area contributed by atoms with Crippen molar-refractivity contribution >= 4 is 17.7 Å². The van der Waals surface area contributed by atoms with Crippen LogP contribution in [0.2, 0.25) is 0 Å². The molecule has 5 atom stereocenters. The second kappa shape index (κ2) is 10.1. The molecular formula is C22H37N3O5. The van der Waals surface area contributed by atoms with Gasteiger partial charge in [0.25, 0.3) is 0 Å². The highest BCUT2D eigenvalue weighted by molar-refractivity contribution is 5.98. The van der Waals surface area contributed by atoms with Crippen LogP contribution >= 0.6 is 0 Å². The van der Waals surface area contributed by atoms with E-state index >= 15 is 0 Å². The van der Waals surface area contributed by atoms with Gasteiger partial charge in [-0.1, -0.05) is 20.3 Å². The lowest BCUT2D eigenvalue weighted by molar-refractivity contribution is -0.142. The van der Waals surface area contributed by atoms with Crippen LogP contribution in [0.25, 0.3) is 0 Å². The standard InChI is InChI=1S/C22H37N3O5/c1-3-5-12-24-20(28)18-22-10-9-15(30-22)16(19(27)23-11-4-2)17(22)21(29)25(18)13-7-6-8-14-26/h15-18,26H,3-14H2,1-2H3,(H,23,27)(H,24,28)/t15-,16+,17+,18?,22?/m1/s1. The second-order valence-corrected chi connectivity index (χ2v) is 8.81. The first kappa shape index (κ1) is 23.0. The van der Waals surface area contributed by atoms with E-state index in [-0.39, 0.29) is 30.4 Å². The molecule has 0 aliphatic carbocycles. The van der Waals surface area contributed by atoms with Crippen LogP contribution in [-0.2, 0) is 19.1 Å². The molecule has 0 aromatic heterocycles. The summed E-state index contributed by atoms with van der Waals surface area (Å²) in [4.78, 5) is 41.3. The minimum absolute atomic E-state index is 0.117. The largest absolute Gasteiger partial charge is 0.396 e. The maximum atomic E-state index is 13.5. The lowest BCUT2D eigenvalue weighted by Crippen LogP contribution is -2.55. The van der Waals surface area contributed by atoms with Gasteiger partial charge in [-0.15, -0.1) is 0 Å². The van der Waals surface area contributed by atoms with Gasteiger partial charge in [-0.3, -0.25) is 14.4 Å². The maximum absolute atomic E-state index is 13.5. The Morgan fingerprint density at radius 2 is 1.87 bits per heavy atom. The first-order valence-electron chi connectivity index (χ1n) is 11.7. The number of aliphatic hydroxyl groups is 1. The van der Waals surface area contributed by atoms with Crippen molar-refractivity contribution in [2.45, 2.75) is 83.0 Å². The van der Waals surface area contributed by atoms with Gasteiger partial charge in [-0.25, -0.2) is 0 Å². The van der Waals surface area contributed by atoms with Crippen LogP contribution in [0.3, 0.4) is 0 Å². The summed E-state index contributed by atoms with van der Waals surface area (Å²) < 4.78 is 6.34. The highest BCUT2D eigenvalue weighted by Gasteiger charge is 2.74. The minimum atomic E-state index is -0.900. The molecule has 0 aromatic rings.